The lowest BCUT2D eigenvalue weighted by Crippen LogP contribution is -2.10. The van der Waals surface area contributed by atoms with Crippen molar-refractivity contribution in [2.75, 3.05) is 4.90 Å². The Labute approximate surface area is 337 Å². The molecule has 2 heteroatoms. The molecule has 0 aliphatic heterocycles. The van der Waals surface area contributed by atoms with Crippen molar-refractivity contribution in [3.63, 3.8) is 0 Å². The van der Waals surface area contributed by atoms with Crippen molar-refractivity contribution in [2.45, 2.75) is 0 Å². The zero-order valence-electron chi connectivity index (χ0n) is 31.7. The van der Waals surface area contributed by atoms with Crippen LogP contribution in [0.2, 0.25) is 0 Å². The number of rotatable bonds is 7. The van der Waals surface area contributed by atoms with E-state index in [1.54, 1.807) is 0 Å². The molecule has 58 heavy (non-hydrogen) atoms. The maximum absolute atomic E-state index is 6.33. The first-order chi connectivity index (χ1) is 28.7. The minimum Gasteiger partial charge on any atom is -0.456 e. The molecule has 11 aromatic rings. The van der Waals surface area contributed by atoms with Crippen LogP contribution in [0.5, 0.6) is 0 Å². The van der Waals surface area contributed by atoms with E-state index in [0.717, 1.165) is 44.6 Å². The van der Waals surface area contributed by atoms with Gasteiger partial charge < -0.3 is 9.32 Å². The first-order valence-electron chi connectivity index (χ1n) is 19.8. The summed E-state index contributed by atoms with van der Waals surface area (Å²) in [5, 5.41) is 7.19. The molecular weight excluding hydrogens is 703 g/mol. The maximum Gasteiger partial charge on any atom is 0.135 e. The normalized spacial score (nSPS) is 11.4. The molecule has 10 aromatic carbocycles. The lowest BCUT2D eigenvalue weighted by atomic mass is 9.95. The number of para-hydroxylation sites is 1. The number of furan rings is 1. The van der Waals surface area contributed by atoms with Crippen LogP contribution in [0.15, 0.2) is 229 Å². The summed E-state index contributed by atoms with van der Waals surface area (Å²) in [5.41, 5.74) is 14.7. The lowest BCUT2D eigenvalue weighted by molar-refractivity contribution is 0.669. The fourth-order valence-corrected chi connectivity index (χ4v) is 8.55. The summed E-state index contributed by atoms with van der Waals surface area (Å²) in [6, 6.07) is 80.6. The zero-order chi connectivity index (χ0) is 38.4. The van der Waals surface area contributed by atoms with E-state index in [0.29, 0.717) is 0 Å². The molecule has 0 aliphatic carbocycles. The lowest BCUT2D eigenvalue weighted by Gasteiger charge is -2.27. The molecule has 272 valence electrons. The van der Waals surface area contributed by atoms with Crippen LogP contribution >= 0.6 is 0 Å². The van der Waals surface area contributed by atoms with Crippen molar-refractivity contribution in [1.29, 1.82) is 0 Å². The van der Waals surface area contributed by atoms with Gasteiger partial charge in [-0.05, 0) is 121 Å². The summed E-state index contributed by atoms with van der Waals surface area (Å²) in [5.74, 6) is 0. The summed E-state index contributed by atoms with van der Waals surface area (Å²) in [6.45, 7) is 0. The third-order valence-electron chi connectivity index (χ3n) is 11.5. The molecule has 1 aromatic heterocycles. The summed E-state index contributed by atoms with van der Waals surface area (Å²) >= 11 is 0. The molecule has 0 N–H and O–H groups in total. The summed E-state index contributed by atoms with van der Waals surface area (Å²) in [6.07, 6.45) is 0. The molecule has 0 atom stereocenters. The minimum absolute atomic E-state index is 0.898. The van der Waals surface area contributed by atoms with Gasteiger partial charge in [-0.15, -0.1) is 0 Å². The van der Waals surface area contributed by atoms with Gasteiger partial charge in [0.15, 0.2) is 0 Å². The van der Waals surface area contributed by atoms with E-state index in [9.17, 15) is 0 Å². The largest absolute Gasteiger partial charge is 0.456 e. The van der Waals surface area contributed by atoms with E-state index in [1.807, 2.05) is 0 Å². The smallest absolute Gasteiger partial charge is 0.135 e. The Hall–Kier alpha value is -7.68. The van der Waals surface area contributed by atoms with Crippen molar-refractivity contribution < 1.29 is 4.42 Å². The molecule has 11 rings (SSSR count). The third-order valence-corrected chi connectivity index (χ3v) is 11.5. The van der Waals surface area contributed by atoms with Crippen LogP contribution in [0.25, 0.3) is 88.0 Å². The zero-order valence-corrected chi connectivity index (χ0v) is 31.7. The Morgan fingerprint density at radius 2 is 0.741 bits per heavy atom. The van der Waals surface area contributed by atoms with Gasteiger partial charge in [0.05, 0.1) is 5.69 Å². The number of nitrogens with zero attached hydrogens (tertiary/aromatic N) is 1. The van der Waals surface area contributed by atoms with E-state index >= 15 is 0 Å². The molecular formula is C56H37NO. The van der Waals surface area contributed by atoms with E-state index in [4.69, 9.17) is 4.42 Å². The number of hydrogen-bond donors (Lipinski definition) is 0. The molecule has 0 spiro atoms. The van der Waals surface area contributed by atoms with Gasteiger partial charge in [0.1, 0.15) is 11.2 Å². The number of benzene rings is 10. The quantitative estimate of drug-likeness (QED) is 0.162. The average Bonchev–Trinajstić information content (AvgIpc) is 3.67. The Morgan fingerprint density at radius 1 is 0.276 bits per heavy atom. The van der Waals surface area contributed by atoms with E-state index in [2.05, 4.69) is 229 Å². The maximum atomic E-state index is 6.33. The fraction of sp³-hybridized carbons (Fsp3) is 0. The van der Waals surface area contributed by atoms with Gasteiger partial charge in [-0.1, -0.05) is 164 Å². The standard InChI is InChI=1S/C56H37NO/c1-2-17-47(18-3-1)57(54-22-10-14-42-12-5-7-20-51(42)54)48-31-27-39(28-32-48)38-23-25-40(26-24-38)43-15-8-16-44(35-43)45-29-33-55-52(36-45)53-37-46(30-34-56(53)58-55)50-21-9-13-41-11-4-6-19-49(41)50/h1-37H. The molecule has 0 bridgehead atoms. The average molecular weight is 740 g/mol. The predicted octanol–water partition coefficient (Wildman–Crippen LogP) is 16.0. The predicted molar refractivity (Wildman–Crippen MR) is 245 cm³/mol. The van der Waals surface area contributed by atoms with Gasteiger partial charge >= 0.3 is 0 Å². The highest BCUT2D eigenvalue weighted by atomic mass is 16.3. The van der Waals surface area contributed by atoms with Crippen LogP contribution in [0.4, 0.5) is 17.1 Å². The molecule has 0 saturated carbocycles. The Bertz CT molecular complexity index is 3260. The van der Waals surface area contributed by atoms with Crippen LogP contribution in [0.3, 0.4) is 0 Å². The Morgan fingerprint density at radius 3 is 1.47 bits per heavy atom. The van der Waals surface area contributed by atoms with Gasteiger partial charge in [0.2, 0.25) is 0 Å². The highest BCUT2D eigenvalue weighted by Crippen LogP contribution is 2.41. The second-order valence-electron chi connectivity index (χ2n) is 14.9. The molecule has 0 amide bonds. The molecule has 0 saturated heterocycles. The van der Waals surface area contributed by atoms with E-state index in [1.165, 1.54) is 60.5 Å². The minimum atomic E-state index is 0.898. The van der Waals surface area contributed by atoms with Crippen molar-refractivity contribution in [3.8, 4) is 44.5 Å². The van der Waals surface area contributed by atoms with E-state index in [-0.39, 0.29) is 0 Å². The van der Waals surface area contributed by atoms with Crippen molar-refractivity contribution in [3.05, 3.63) is 224 Å². The first-order valence-corrected chi connectivity index (χ1v) is 19.8. The van der Waals surface area contributed by atoms with Crippen LogP contribution in [0, 0.1) is 0 Å². The van der Waals surface area contributed by atoms with Gasteiger partial charge in [-0.2, -0.15) is 0 Å². The first kappa shape index (κ1) is 33.6. The summed E-state index contributed by atoms with van der Waals surface area (Å²) in [4.78, 5) is 2.35. The highest BCUT2D eigenvalue weighted by Gasteiger charge is 2.16. The second-order valence-corrected chi connectivity index (χ2v) is 14.9. The highest BCUT2D eigenvalue weighted by molar-refractivity contribution is 6.09. The molecule has 0 fully saturated rings. The van der Waals surface area contributed by atoms with Crippen LogP contribution < -0.4 is 4.90 Å². The summed E-state index contributed by atoms with van der Waals surface area (Å²) in [7, 11) is 0. The van der Waals surface area contributed by atoms with Crippen LogP contribution in [0.1, 0.15) is 0 Å². The monoisotopic (exact) mass is 739 g/mol. The molecule has 1 heterocycles. The van der Waals surface area contributed by atoms with Gasteiger partial charge in [-0.3, -0.25) is 0 Å². The van der Waals surface area contributed by atoms with Gasteiger partial charge in [0.25, 0.3) is 0 Å². The van der Waals surface area contributed by atoms with Gasteiger partial charge in [0, 0.05) is 27.5 Å². The molecule has 0 unspecified atom stereocenters. The topological polar surface area (TPSA) is 16.4 Å². The van der Waals surface area contributed by atoms with Crippen molar-refractivity contribution >= 4 is 60.5 Å². The molecule has 0 aliphatic rings. The second kappa shape index (κ2) is 14.1. The number of fused-ring (bicyclic) bond motifs is 5. The third kappa shape index (κ3) is 6.00. The number of anilines is 3. The van der Waals surface area contributed by atoms with Gasteiger partial charge in [-0.25, -0.2) is 0 Å². The van der Waals surface area contributed by atoms with Crippen molar-refractivity contribution in [1.82, 2.24) is 0 Å². The summed E-state index contributed by atoms with van der Waals surface area (Å²) < 4.78 is 6.33. The molecule has 2 nitrogen and oxygen atoms in total. The van der Waals surface area contributed by atoms with Crippen molar-refractivity contribution in [2.24, 2.45) is 0 Å². The molecule has 0 radical (unpaired) electrons. The fourth-order valence-electron chi connectivity index (χ4n) is 8.55. The Kier molecular flexibility index (Phi) is 8.19. The Balaban J connectivity index is 0.885. The van der Waals surface area contributed by atoms with Crippen LogP contribution in [-0.2, 0) is 0 Å². The van der Waals surface area contributed by atoms with Crippen LogP contribution in [-0.4, -0.2) is 0 Å². The SMILES string of the molecule is c1ccc(N(c2ccc(-c3ccc(-c4cccc(-c5ccc6oc7ccc(-c8cccc9ccccc89)cc7c6c5)c4)cc3)cc2)c2cccc3ccccc23)cc1. The van der Waals surface area contributed by atoms with E-state index < -0.39 is 0 Å². The number of hydrogen-bond acceptors (Lipinski definition) is 2.